The summed E-state index contributed by atoms with van der Waals surface area (Å²) in [6.07, 6.45) is 4.28. The highest BCUT2D eigenvalue weighted by molar-refractivity contribution is 7.80. The van der Waals surface area contributed by atoms with Crippen molar-refractivity contribution < 1.29 is 9.53 Å². The van der Waals surface area contributed by atoms with Crippen LogP contribution in [0.25, 0.3) is 0 Å². The maximum atomic E-state index is 12.0. The third-order valence-corrected chi connectivity index (χ3v) is 4.26. The second-order valence-electron chi connectivity index (χ2n) is 5.70. The Morgan fingerprint density at radius 2 is 2.09 bits per heavy atom. The molecule has 5 nitrogen and oxygen atoms in total. The van der Waals surface area contributed by atoms with Crippen molar-refractivity contribution >= 4 is 29.1 Å². The van der Waals surface area contributed by atoms with Crippen molar-refractivity contribution in [2.75, 3.05) is 25.0 Å². The second-order valence-corrected chi connectivity index (χ2v) is 6.11. The fourth-order valence-electron chi connectivity index (χ4n) is 2.56. The molecule has 126 valence electrons. The molecule has 6 heteroatoms. The summed E-state index contributed by atoms with van der Waals surface area (Å²) in [6, 6.07) is 8.19. The first-order valence-electron chi connectivity index (χ1n) is 8.16. The molecule has 1 atom stereocenters. The number of nitrogens with zero attached hydrogens (tertiary/aromatic N) is 1. The Morgan fingerprint density at radius 3 is 2.74 bits per heavy atom. The third kappa shape index (κ3) is 5.10. The predicted octanol–water partition coefficient (Wildman–Crippen LogP) is 2.84. The Morgan fingerprint density at radius 1 is 1.35 bits per heavy atom. The van der Waals surface area contributed by atoms with Crippen molar-refractivity contribution in [2.24, 2.45) is 0 Å². The van der Waals surface area contributed by atoms with E-state index in [1.54, 1.807) is 11.9 Å². The van der Waals surface area contributed by atoms with E-state index in [1.165, 1.54) is 24.8 Å². The second kappa shape index (κ2) is 8.72. The van der Waals surface area contributed by atoms with Gasteiger partial charge in [-0.3, -0.25) is 4.90 Å². The number of cyclic esters (lactones) is 1. The van der Waals surface area contributed by atoms with Gasteiger partial charge in [-0.15, -0.1) is 0 Å². The summed E-state index contributed by atoms with van der Waals surface area (Å²) in [4.78, 5) is 13.7. The molecule has 0 aliphatic carbocycles. The van der Waals surface area contributed by atoms with Crippen LogP contribution in [0.5, 0.6) is 0 Å². The van der Waals surface area contributed by atoms with Gasteiger partial charge in [0.15, 0.2) is 5.11 Å². The molecule has 1 aliphatic rings. The Hall–Kier alpha value is -1.82. The molecule has 0 unspecified atom stereocenters. The third-order valence-electron chi connectivity index (χ3n) is 3.91. The highest BCUT2D eigenvalue weighted by atomic mass is 32.1. The zero-order valence-corrected chi connectivity index (χ0v) is 14.6. The summed E-state index contributed by atoms with van der Waals surface area (Å²) >= 11 is 5.02. The van der Waals surface area contributed by atoms with E-state index < -0.39 is 0 Å². The number of carbonyl (C=O) groups is 1. The van der Waals surface area contributed by atoms with Gasteiger partial charge in [-0.25, -0.2) is 4.79 Å². The Balaban J connectivity index is 1.88. The van der Waals surface area contributed by atoms with Gasteiger partial charge in [0.05, 0.1) is 13.1 Å². The number of hydrogen-bond acceptors (Lipinski definition) is 3. The molecule has 1 aromatic rings. The number of thiocarbonyl (C=S) groups is 1. The standard InChI is InChI=1S/C17H25N3O2S/c1-3-4-5-6-13-7-9-14(10-8-13)20-12-15(22-17(20)21)11-19-16(23)18-2/h7-10,15H,3-6,11-12H2,1-2H3,(H2,18,19,23)/t15-/m0/s1. The lowest BCUT2D eigenvalue weighted by Gasteiger charge is -2.14. The SMILES string of the molecule is CCCCCc1ccc(N2C[C@H](CNC(=S)NC)OC2=O)cc1. The number of nitrogens with one attached hydrogen (secondary N) is 2. The van der Waals surface area contributed by atoms with E-state index >= 15 is 0 Å². The summed E-state index contributed by atoms with van der Waals surface area (Å²) in [5.41, 5.74) is 2.19. The molecule has 2 N–H and O–H groups in total. The number of hydrogen-bond donors (Lipinski definition) is 2. The van der Waals surface area contributed by atoms with Gasteiger partial charge >= 0.3 is 6.09 Å². The summed E-state index contributed by atoms with van der Waals surface area (Å²) in [7, 11) is 1.75. The predicted molar refractivity (Wildman–Crippen MR) is 96.9 cm³/mol. The fourth-order valence-corrected chi connectivity index (χ4v) is 2.64. The van der Waals surface area contributed by atoms with Gasteiger partial charge in [-0.05, 0) is 42.8 Å². The van der Waals surface area contributed by atoms with Gasteiger partial charge in [0, 0.05) is 12.7 Å². The zero-order chi connectivity index (χ0) is 16.7. The number of anilines is 1. The molecule has 1 saturated heterocycles. The summed E-state index contributed by atoms with van der Waals surface area (Å²) in [5, 5.41) is 6.41. The number of amides is 1. The van der Waals surface area contributed by atoms with Crippen LogP contribution >= 0.6 is 12.2 Å². The number of ether oxygens (including phenoxy) is 1. The van der Waals surface area contributed by atoms with Gasteiger partial charge < -0.3 is 15.4 Å². The minimum Gasteiger partial charge on any atom is -0.442 e. The maximum absolute atomic E-state index is 12.0. The van der Waals surface area contributed by atoms with Crippen LogP contribution in [-0.4, -0.2) is 37.4 Å². The molecule has 0 radical (unpaired) electrons. The molecule has 1 aliphatic heterocycles. The Bertz CT molecular complexity index is 533. The maximum Gasteiger partial charge on any atom is 0.414 e. The van der Waals surface area contributed by atoms with Crippen molar-refractivity contribution in [3.05, 3.63) is 29.8 Å². The topological polar surface area (TPSA) is 53.6 Å². The smallest absolute Gasteiger partial charge is 0.414 e. The molecule has 1 fully saturated rings. The Kier molecular flexibility index (Phi) is 6.65. The van der Waals surface area contributed by atoms with Crippen molar-refractivity contribution in [1.29, 1.82) is 0 Å². The van der Waals surface area contributed by atoms with E-state index in [4.69, 9.17) is 17.0 Å². The van der Waals surface area contributed by atoms with Crippen molar-refractivity contribution in [2.45, 2.75) is 38.7 Å². The van der Waals surface area contributed by atoms with Crippen LogP contribution in [0, 0.1) is 0 Å². The largest absolute Gasteiger partial charge is 0.442 e. The first-order valence-corrected chi connectivity index (χ1v) is 8.57. The van der Waals surface area contributed by atoms with E-state index in [9.17, 15) is 4.79 Å². The lowest BCUT2D eigenvalue weighted by molar-refractivity contribution is 0.143. The van der Waals surface area contributed by atoms with Crippen molar-refractivity contribution in [1.82, 2.24) is 10.6 Å². The number of carbonyl (C=O) groups excluding carboxylic acids is 1. The summed E-state index contributed by atoms with van der Waals surface area (Å²) < 4.78 is 5.37. The van der Waals surface area contributed by atoms with Crippen molar-refractivity contribution in [3.8, 4) is 0 Å². The van der Waals surface area contributed by atoms with E-state index in [-0.39, 0.29) is 12.2 Å². The molecule has 23 heavy (non-hydrogen) atoms. The normalized spacial score (nSPS) is 17.0. The monoisotopic (exact) mass is 335 g/mol. The summed E-state index contributed by atoms with van der Waals surface area (Å²) in [5.74, 6) is 0. The number of aryl methyl sites for hydroxylation is 1. The molecule has 0 spiro atoms. The van der Waals surface area contributed by atoms with Gasteiger partial charge in [0.25, 0.3) is 0 Å². The molecule has 0 saturated carbocycles. The van der Waals surface area contributed by atoms with Crippen LogP contribution in [0.3, 0.4) is 0 Å². The molecule has 0 bridgehead atoms. The zero-order valence-electron chi connectivity index (χ0n) is 13.8. The number of unbranched alkanes of at least 4 members (excludes halogenated alkanes) is 2. The van der Waals surface area contributed by atoms with E-state index in [0.29, 0.717) is 18.2 Å². The minimum atomic E-state index is -0.300. The minimum absolute atomic E-state index is 0.196. The van der Waals surface area contributed by atoms with Gasteiger partial charge in [-0.2, -0.15) is 0 Å². The van der Waals surface area contributed by atoms with E-state index in [1.807, 2.05) is 12.1 Å². The Labute approximate surface area is 143 Å². The van der Waals surface area contributed by atoms with Crippen LogP contribution in [0.1, 0.15) is 31.7 Å². The molecule has 1 heterocycles. The average Bonchev–Trinajstić information content (AvgIpc) is 2.94. The van der Waals surface area contributed by atoms with Crippen LogP contribution in [0.15, 0.2) is 24.3 Å². The molecular formula is C17H25N3O2S. The van der Waals surface area contributed by atoms with Crippen molar-refractivity contribution in [3.63, 3.8) is 0 Å². The summed E-state index contributed by atoms with van der Waals surface area (Å²) in [6.45, 7) is 3.25. The molecule has 2 rings (SSSR count). The molecular weight excluding hydrogens is 310 g/mol. The highest BCUT2D eigenvalue weighted by Crippen LogP contribution is 2.22. The van der Waals surface area contributed by atoms with Gasteiger partial charge in [0.2, 0.25) is 0 Å². The first-order chi connectivity index (χ1) is 11.1. The van der Waals surface area contributed by atoms with Crippen LogP contribution in [-0.2, 0) is 11.2 Å². The average molecular weight is 335 g/mol. The fraction of sp³-hybridized carbons (Fsp3) is 0.529. The first kappa shape index (κ1) is 17.5. The van der Waals surface area contributed by atoms with E-state index in [2.05, 4.69) is 29.7 Å². The molecule has 0 aromatic heterocycles. The lowest BCUT2D eigenvalue weighted by atomic mass is 10.1. The van der Waals surface area contributed by atoms with Crippen LogP contribution in [0.4, 0.5) is 10.5 Å². The van der Waals surface area contributed by atoms with Crippen LogP contribution in [0.2, 0.25) is 0 Å². The molecule has 1 aromatic carbocycles. The molecule has 1 amide bonds. The van der Waals surface area contributed by atoms with Gasteiger partial charge in [0.1, 0.15) is 6.10 Å². The van der Waals surface area contributed by atoms with Gasteiger partial charge in [-0.1, -0.05) is 31.9 Å². The highest BCUT2D eigenvalue weighted by Gasteiger charge is 2.32. The number of rotatable bonds is 7. The van der Waals surface area contributed by atoms with E-state index in [0.717, 1.165) is 12.1 Å². The lowest BCUT2D eigenvalue weighted by Crippen LogP contribution is -2.39. The quantitative estimate of drug-likeness (QED) is 0.593. The number of benzene rings is 1. The van der Waals surface area contributed by atoms with Crippen LogP contribution < -0.4 is 15.5 Å².